The fraction of sp³-hybridized carbons (Fsp3) is 0.154. The lowest BCUT2D eigenvalue weighted by Gasteiger charge is -2.12. The number of halogens is 2. The summed E-state index contributed by atoms with van der Waals surface area (Å²) in [6, 6.07) is 6.81. The number of hydrogen-bond acceptors (Lipinski definition) is 4. The lowest BCUT2D eigenvalue weighted by atomic mass is 10.2. The van der Waals surface area contributed by atoms with Crippen LogP contribution < -0.4 is 9.47 Å². The lowest BCUT2D eigenvalue weighted by Crippen LogP contribution is -1.99. The van der Waals surface area contributed by atoms with Gasteiger partial charge in [0.1, 0.15) is 6.61 Å². The summed E-state index contributed by atoms with van der Waals surface area (Å²) in [5.41, 5.74) is 0.354. The van der Waals surface area contributed by atoms with Crippen LogP contribution in [-0.4, -0.2) is 13.4 Å². The van der Waals surface area contributed by atoms with Gasteiger partial charge in [0.25, 0.3) is 0 Å². The largest absolute Gasteiger partial charge is 0.493 e. The van der Waals surface area contributed by atoms with Crippen LogP contribution >= 0.6 is 34.5 Å². The summed E-state index contributed by atoms with van der Waals surface area (Å²) < 4.78 is 11.5. The molecule has 0 unspecified atom stereocenters. The van der Waals surface area contributed by atoms with Crippen molar-refractivity contribution in [2.24, 2.45) is 0 Å². The minimum Gasteiger partial charge on any atom is -0.493 e. The Bertz CT molecular complexity index is 596. The molecule has 0 atom stereocenters. The smallest absolute Gasteiger partial charge is 0.172 e. The monoisotopic (exact) mass is 316 g/mol. The van der Waals surface area contributed by atoms with Crippen molar-refractivity contribution in [1.29, 1.82) is 0 Å². The van der Waals surface area contributed by atoms with E-state index in [2.05, 4.69) is 0 Å². The first-order chi connectivity index (χ1) is 9.13. The third kappa shape index (κ3) is 3.41. The molecule has 0 saturated heterocycles. The van der Waals surface area contributed by atoms with Gasteiger partial charge in [0, 0.05) is 16.0 Å². The third-order valence-corrected chi connectivity index (χ3v) is 3.81. The standard InChI is InChI=1S/C13H10Cl2O3S/c1-17-11-5-9(14)4-8(6-16)13(11)18-7-10-2-3-12(15)19-10/h2-6H,7H2,1H3. The summed E-state index contributed by atoms with van der Waals surface area (Å²) >= 11 is 13.2. The van der Waals surface area contributed by atoms with E-state index >= 15 is 0 Å². The molecule has 1 aromatic carbocycles. The molecular formula is C13H10Cl2O3S. The van der Waals surface area contributed by atoms with Gasteiger partial charge in [-0.15, -0.1) is 11.3 Å². The van der Waals surface area contributed by atoms with Crippen LogP contribution in [0.3, 0.4) is 0 Å². The van der Waals surface area contributed by atoms with Crippen LogP contribution in [0.25, 0.3) is 0 Å². The topological polar surface area (TPSA) is 35.5 Å². The highest BCUT2D eigenvalue weighted by atomic mass is 35.5. The molecule has 3 nitrogen and oxygen atoms in total. The number of thiophene rings is 1. The quantitative estimate of drug-likeness (QED) is 0.764. The summed E-state index contributed by atoms with van der Waals surface area (Å²) in [4.78, 5) is 12.0. The van der Waals surface area contributed by atoms with Crippen molar-refractivity contribution in [3.05, 3.63) is 44.1 Å². The van der Waals surface area contributed by atoms with E-state index < -0.39 is 0 Å². The van der Waals surface area contributed by atoms with Crippen molar-refractivity contribution in [2.75, 3.05) is 7.11 Å². The normalized spacial score (nSPS) is 10.3. The van der Waals surface area contributed by atoms with Gasteiger partial charge < -0.3 is 9.47 Å². The van der Waals surface area contributed by atoms with E-state index in [4.69, 9.17) is 32.7 Å². The molecular weight excluding hydrogens is 307 g/mol. The first kappa shape index (κ1) is 14.2. The fourth-order valence-electron chi connectivity index (χ4n) is 1.56. The van der Waals surface area contributed by atoms with E-state index in [1.807, 2.05) is 6.07 Å². The van der Waals surface area contributed by atoms with E-state index in [9.17, 15) is 4.79 Å². The number of carbonyl (C=O) groups is 1. The van der Waals surface area contributed by atoms with Gasteiger partial charge in [-0.05, 0) is 18.2 Å². The van der Waals surface area contributed by atoms with Crippen LogP contribution in [0.1, 0.15) is 15.2 Å². The first-order valence-electron chi connectivity index (χ1n) is 5.33. The van der Waals surface area contributed by atoms with Crippen molar-refractivity contribution in [3.8, 4) is 11.5 Å². The molecule has 100 valence electrons. The zero-order chi connectivity index (χ0) is 13.8. The molecule has 6 heteroatoms. The van der Waals surface area contributed by atoms with Gasteiger partial charge in [-0.3, -0.25) is 4.79 Å². The zero-order valence-electron chi connectivity index (χ0n) is 9.98. The fourth-order valence-corrected chi connectivity index (χ4v) is 2.77. The minimum absolute atomic E-state index is 0.316. The Hall–Kier alpha value is -1.23. The molecule has 2 aromatic rings. The Labute approximate surface area is 124 Å². The van der Waals surface area contributed by atoms with E-state index in [0.717, 1.165) is 4.88 Å². The number of carbonyl (C=O) groups excluding carboxylic acids is 1. The molecule has 2 rings (SSSR count). The van der Waals surface area contributed by atoms with Gasteiger partial charge in [0.2, 0.25) is 0 Å². The zero-order valence-corrected chi connectivity index (χ0v) is 12.3. The van der Waals surface area contributed by atoms with Crippen LogP contribution in [0.4, 0.5) is 0 Å². The van der Waals surface area contributed by atoms with Crippen molar-refractivity contribution >= 4 is 40.8 Å². The highest BCUT2D eigenvalue weighted by Crippen LogP contribution is 2.35. The van der Waals surface area contributed by atoms with Crippen molar-refractivity contribution in [3.63, 3.8) is 0 Å². The van der Waals surface area contributed by atoms with Gasteiger partial charge in [-0.25, -0.2) is 0 Å². The molecule has 0 fully saturated rings. The average Bonchev–Trinajstić information content (AvgIpc) is 2.81. The predicted molar refractivity (Wildman–Crippen MR) is 77.1 cm³/mol. The van der Waals surface area contributed by atoms with Gasteiger partial charge in [0.15, 0.2) is 17.8 Å². The van der Waals surface area contributed by atoms with E-state index in [1.54, 1.807) is 12.1 Å². The Morgan fingerprint density at radius 3 is 2.68 bits per heavy atom. The highest BCUT2D eigenvalue weighted by Gasteiger charge is 2.13. The lowest BCUT2D eigenvalue weighted by molar-refractivity contribution is 0.111. The van der Waals surface area contributed by atoms with Crippen molar-refractivity contribution in [1.82, 2.24) is 0 Å². The maximum atomic E-state index is 11.1. The molecule has 0 N–H and O–H groups in total. The average molecular weight is 317 g/mol. The Morgan fingerprint density at radius 1 is 1.32 bits per heavy atom. The second kappa shape index (κ2) is 6.28. The molecule has 0 aliphatic heterocycles. The maximum Gasteiger partial charge on any atom is 0.172 e. The van der Waals surface area contributed by atoms with Gasteiger partial charge in [-0.2, -0.15) is 0 Å². The second-order valence-electron chi connectivity index (χ2n) is 3.64. The Kier molecular flexibility index (Phi) is 4.69. The molecule has 0 amide bonds. The number of benzene rings is 1. The number of aldehydes is 1. The summed E-state index contributed by atoms with van der Waals surface area (Å²) in [6.07, 6.45) is 0.686. The van der Waals surface area contributed by atoms with Crippen molar-refractivity contribution in [2.45, 2.75) is 6.61 Å². The number of hydrogen-bond donors (Lipinski definition) is 0. The molecule has 19 heavy (non-hydrogen) atoms. The third-order valence-electron chi connectivity index (χ3n) is 2.38. The molecule has 0 aliphatic rings. The summed E-state index contributed by atoms with van der Waals surface area (Å²) in [5, 5.41) is 0.422. The van der Waals surface area contributed by atoms with Crippen LogP contribution in [0, 0.1) is 0 Å². The SMILES string of the molecule is COc1cc(Cl)cc(C=O)c1OCc1ccc(Cl)s1. The molecule has 0 radical (unpaired) electrons. The molecule has 1 aromatic heterocycles. The van der Waals surface area contributed by atoms with Gasteiger partial charge in [-0.1, -0.05) is 23.2 Å². The summed E-state index contributed by atoms with van der Waals surface area (Å²) in [7, 11) is 1.50. The van der Waals surface area contributed by atoms with Crippen LogP contribution in [0.2, 0.25) is 9.36 Å². The molecule has 0 aliphatic carbocycles. The number of rotatable bonds is 5. The number of methoxy groups -OCH3 is 1. The molecule has 0 spiro atoms. The molecule has 0 bridgehead atoms. The predicted octanol–water partition coefficient (Wildman–Crippen LogP) is 4.46. The van der Waals surface area contributed by atoms with E-state index in [-0.39, 0.29) is 0 Å². The maximum absolute atomic E-state index is 11.1. The highest BCUT2D eigenvalue weighted by molar-refractivity contribution is 7.16. The molecule has 1 heterocycles. The minimum atomic E-state index is 0.316. The first-order valence-corrected chi connectivity index (χ1v) is 6.91. The second-order valence-corrected chi connectivity index (χ2v) is 5.87. The number of ether oxygens (including phenoxy) is 2. The Morgan fingerprint density at radius 2 is 2.11 bits per heavy atom. The summed E-state index contributed by atoms with van der Waals surface area (Å²) in [6.45, 7) is 0.316. The van der Waals surface area contributed by atoms with Crippen LogP contribution in [0.5, 0.6) is 11.5 Å². The Balaban J connectivity index is 2.25. The van der Waals surface area contributed by atoms with E-state index in [1.165, 1.54) is 24.5 Å². The van der Waals surface area contributed by atoms with Crippen LogP contribution in [-0.2, 0) is 6.61 Å². The summed E-state index contributed by atoms with van der Waals surface area (Å²) in [5.74, 6) is 0.809. The van der Waals surface area contributed by atoms with Gasteiger partial charge >= 0.3 is 0 Å². The van der Waals surface area contributed by atoms with Crippen molar-refractivity contribution < 1.29 is 14.3 Å². The van der Waals surface area contributed by atoms with Gasteiger partial charge in [0.05, 0.1) is 17.0 Å². The molecule has 0 saturated carbocycles. The van der Waals surface area contributed by atoms with Crippen LogP contribution in [0.15, 0.2) is 24.3 Å². The van der Waals surface area contributed by atoms with E-state index in [0.29, 0.717) is 39.3 Å².